The number of aromatic nitrogens is 1. The number of hydrogen-bond acceptors (Lipinski definition) is 4. The van der Waals surface area contributed by atoms with Crippen LogP contribution in [0.5, 0.6) is 0 Å². The van der Waals surface area contributed by atoms with Gasteiger partial charge in [0.15, 0.2) is 5.78 Å². The zero-order valence-electron chi connectivity index (χ0n) is 10.5. The van der Waals surface area contributed by atoms with E-state index in [1.807, 2.05) is 33.1 Å². The lowest BCUT2D eigenvalue weighted by Crippen LogP contribution is -2.05. The Hall–Kier alpha value is -1.42. The summed E-state index contributed by atoms with van der Waals surface area (Å²) in [6.45, 7) is 7.57. The highest BCUT2D eigenvalue weighted by Gasteiger charge is 2.19. The Morgan fingerprint density at radius 2 is 2.00 bits per heavy atom. The molecular formula is C13H15NO2S. The van der Waals surface area contributed by atoms with E-state index in [9.17, 15) is 4.79 Å². The molecular weight excluding hydrogens is 234 g/mol. The highest BCUT2D eigenvalue weighted by atomic mass is 32.1. The summed E-state index contributed by atoms with van der Waals surface area (Å²) in [7, 11) is 0. The third-order valence-electron chi connectivity index (χ3n) is 2.82. The Kier molecular flexibility index (Phi) is 3.15. The Labute approximate surface area is 104 Å². The molecule has 2 aromatic rings. The quantitative estimate of drug-likeness (QED) is 0.783. The van der Waals surface area contributed by atoms with Crippen molar-refractivity contribution in [3.05, 3.63) is 38.7 Å². The highest BCUT2D eigenvalue weighted by Crippen LogP contribution is 2.23. The normalized spacial score (nSPS) is 10.8. The number of carbonyl (C=O) groups excluding carboxylic acids is 1. The van der Waals surface area contributed by atoms with Crippen LogP contribution >= 0.6 is 11.3 Å². The van der Waals surface area contributed by atoms with E-state index in [2.05, 4.69) is 4.98 Å². The predicted molar refractivity (Wildman–Crippen MR) is 67.8 cm³/mol. The summed E-state index contributed by atoms with van der Waals surface area (Å²) in [6, 6.07) is 0. The lowest BCUT2D eigenvalue weighted by atomic mass is 10.0. The molecule has 0 spiro atoms. The van der Waals surface area contributed by atoms with Crippen LogP contribution in [0.15, 0.2) is 9.80 Å². The van der Waals surface area contributed by atoms with Crippen LogP contribution in [-0.4, -0.2) is 10.8 Å². The van der Waals surface area contributed by atoms with Crippen LogP contribution in [0.4, 0.5) is 0 Å². The monoisotopic (exact) mass is 249 g/mol. The maximum atomic E-state index is 12.2. The zero-order chi connectivity index (χ0) is 12.6. The number of ketones is 1. The molecule has 0 aliphatic carbocycles. The smallest absolute Gasteiger partial charge is 0.173 e. The topological polar surface area (TPSA) is 43.1 Å². The number of aryl methyl sites for hydroxylation is 3. The van der Waals surface area contributed by atoms with Crippen molar-refractivity contribution in [3.63, 3.8) is 0 Å². The van der Waals surface area contributed by atoms with E-state index < -0.39 is 0 Å². The molecule has 0 aliphatic heterocycles. The second-order valence-corrected chi connectivity index (χ2v) is 5.14. The largest absolute Gasteiger partial charge is 0.466 e. The minimum Gasteiger partial charge on any atom is -0.466 e. The van der Waals surface area contributed by atoms with Crippen molar-refractivity contribution >= 4 is 17.1 Å². The van der Waals surface area contributed by atoms with Crippen LogP contribution in [0.2, 0.25) is 0 Å². The van der Waals surface area contributed by atoms with E-state index in [1.165, 1.54) is 11.3 Å². The maximum absolute atomic E-state index is 12.2. The highest BCUT2D eigenvalue weighted by molar-refractivity contribution is 7.09. The number of nitrogens with zero attached hydrogens (tertiary/aromatic N) is 1. The van der Waals surface area contributed by atoms with E-state index >= 15 is 0 Å². The van der Waals surface area contributed by atoms with Crippen molar-refractivity contribution in [1.82, 2.24) is 4.98 Å². The molecule has 0 fully saturated rings. The summed E-state index contributed by atoms with van der Waals surface area (Å²) in [5.41, 5.74) is 2.63. The van der Waals surface area contributed by atoms with Gasteiger partial charge in [-0.1, -0.05) is 0 Å². The number of furan rings is 1. The lowest BCUT2D eigenvalue weighted by molar-refractivity contribution is 0.0991. The van der Waals surface area contributed by atoms with Crippen molar-refractivity contribution < 1.29 is 9.21 Å². The van der Waals surface area contributed by atoms with Crippen LogP contribution in [0, 0.1) is 27.7 Å². The number of rotatable bonds is 3. The molecule has 2 aromatic heterocycles. The number of Topliss-reactive ketones (excluding diaryl/α,β-unsaturated/α-hetero) is 1. The Bertz CT molecular complexity index is 566. The van der Waals surface area contributed by atoms with Gasteiger partial charge < -0.3 is 4.42 Å². The molecule has 0 aliphatic rings. The molecule has 0 saturated heterocycles. The summed E-state index contributed by atoms with van der Waals surface area (Å²) < 4.78 is 5.47. The van der Waals surface area contributed by atoms with Gasteiger partial charge in [0.05, 0.1) is 12.0 Å². The van der Waals surface area contributed by atoms with Gasteiger partial charge >= 0.3 is 0 Å². The summed E-state index contributed by atoms with van der Waals surface area (Å²) in [5, 5.41) is 2.83. The average Bonchev–Trinajstić information content (AvgIpc) is 2.73. The molecule has 0 amide bonds. The predicted octanol–water partition coefficient (Wildman–Crippen LogP) is 3.40. The van der Waals surface area contributed by atoms with Crippen molar-refractivity contribution in [1.29, 1.82) is 0 Å². The fraction of sp³-hybridized carbons (Fsp3) is 0.385. The Morgan fingerprint density at radius 1 is 1.29 bits per heavy atom. The average molecular weight is 249 g/mol. The molecule has 3 nitrogen and oxygen atoms in total. The fourth-order valence-electron chi connectivity index (χ4n) is 1.91. The van der Waals surface area contributed by atoms with E-state index in [-0.39, 0.29) is 5.78 Å². The van der Waals surface area contributed by atoms with Crippen LogP contribution in [-0.2, 0) is 6.42 Å². The summed E-state index contributed by atoms with van der Waals surface area (Å²) >= 11 is 1.53. The van der Waals surface area contributed by atoms with Crippen LogP contribution in [0.1, 0.15) is 38.1 Å². The molecule has 0 radical (unpaired) electrons. The van der Waals surface area contributed by atoms with E-state index in [4.69, 9.17) is 4.42 Å². The third-order valence-corrected chi connectivity index (χ3v) is 3.79. The molecule has 0 N–H and O–H groups in total. The van der Waals surface area contributed by atoms with Gasteiger partial charge in [0, 0.05) is 16.6 Å². The fourth-order valence-corrected chi connectivity index (χ4v) is 2.68. The first-order valence-corrected chi connectivity index (χ1v) is 6.37. The van der Waals surface area contributed by atoms with Crippen LogP contribution < -0.4 is 0 Å². The van der Waals surface area contributed by atoms with E-state index in [0.29, 0.717) is 12.2 Å². The minimum atomic E-state index is 0.0891. The molecule has 17 heavy (non-hydrogen) atoms. The Balaban J connectivity index is 2.26. The van der Waals surface area contributed by atoms with Gasteiger partial charge in [-0.25, -0.2) is 4.98 Å². The second-order valence-electron chi connectivity index (χ2n) is 4.20. The van der Waals surface area contributed by atoms with Gasteiger partial charge in [-0.2, -0.15) is 0 Å². The van der Waals surface area contributed by atoms with Crippen LogP contribution in [0.3, 0.4) is 0 Å². The number of hydrogen-bond donors (Lipinski definition) is 0. The number of thiazole rings is 1. The van der Waals surface area contributed by atoms with Gasteiger partial charge in [-0.15, -0.1) is 11.3 Å². The Morgan fingerprint density at radius 3 is 2.47 bits per heavy atom. The van der Waals surface area contributed by atoms with E-state index in [0.717, 1.165) is 27.6 Å². The summed E-state index contributed by atoms with van der Waals surface area (Å²) in [5.74, 6) is 1.62. The van der Waals surface area contributed by atoms with Gasteiger partial charge in [0.2, 0.25) is 0 Å². The van der Waals surface area contributed by atoms with E-state index in [1.54, 1.807) is 0 Å². The van der Waals surface area contributed by atoms with Gasteiger partial charge in [-0.05, 0) is 27.7 Å². The molecule has 0 unspecified atom stereocenters. The van der Waals surface area contributed by atoms with Crippen molar-refractivity contribution in [3.8, 4) is 0 Å². The molecule has 2 rings (SSSR count). The first-order valence-electron chi connectivity index (χ1n) is 5.50. The maximum Gasteiger partial charge on any atom is 0.173 e. The SMILES string of the molecule is Cc1csc(CC(=O)c2c(C)oc(C)c2C)n1. The zero-order valence-corrected chi connectivity index (χ0v) is 11.3. The minimum absolute atomic E-state index is 0.0891. The molecule has 0 aromatic carbocycles. The molecule has 0 atom stereocenters. The van der Waals surface area contributed by atoms with Gasteiger partial charge in [0.1, 0.15) is 16.5 Å². The second kappa shape index (κ2) is 4.45. The van der Waals surface area contributed by atoms with Gasteiger partial charge in [-0.3, -0.25) is 4.79 Å². The van der Waals surface area contributed by atoms with Gasteiger partial charge in [0.25, 0.3) is 0 Å². The van der Waals surface area contributed by atoms with Crippen molar-refractivity contribution in [2.75, 3.05) is 0 Å². The van der Waals surface area contributed by atoms with Crippen LogP contribution in [0.25, 0.3) is 0 Å². The number of carbonyl (C=O) groups is 1. The first kappa shape index (κ1) is 12.0. The molecule has 0 saturated carbocycles. The third kappa shape index (κ3) is 2.31. The molecule has 0 bridgehead atoms. The summed E-state index contributed by atoms with van der Waals surface area (Å²) in [6.07, 6.45) is 0.360. The molecule has 4 heteroatoms. The summed E-state index contributed by atoms with van der Waals surface area (Å²) in [4.78, 5) is 16.5. The standard InChI is InChI=1S/C13H15NO2S/c1-7-6-17-12(14-7)5-11(15)13-8(2)9(3)16-10(13)4/h6H,5H2,1-4H3. The lowest BCUT2D eigenvalue weighted by Gasteiger charge is -1.98. The molecule has 90 valence electrons. The molecule has 2 heterocycles. The van der Waals surface area contributed by atoms with Crippen molar-refractivity contribution in [2.24, 2.45) is 0 Å². The first-order chi connectivity index (χ1) is 7.99. The van der Waals surface area contributed by atoms with Crippen molar-refractivity contribution in [2.45, 2.75) is 34.1 Å².